The molecule has 0 saturated heterocycles. The minimum atomic E-state index is -0.207. The Hall–Kier alpha value is -1.61. The molecule has 1 aromatic heterocycles. The molecule has 3 heteroatoms. The van der Waals surface area contributed by atoms with Crippen LogP contribution < -0.4 is 0 Å². The van der Waals surface area contributed by atoms with Crippen molar-refractivity contribution in [3.05, 3.63) is 42.4 Å². The summed E-state index contributed by atoms with van der Waals surface area (Å²) in [5.74, 6) is 0.268. The predicted octanol–water partition coefficient (Wildman–Crippen LogP) is 2.86. The van der Waals surface area contributed by atoms with Crippen LogP contribution in [-0.4, -0.2) is 20.8 Å². The molecular formula is C16H18N2O. The summed E-state index contributed by atoms with van der Waals surface area (Å²) in [5, 5.41) is 10.3. The van der Waals surface area contributed by atoms with Gasteiger partial charge >= 0.3 is 0 Å². The first-order chi connectivity index (χ1) is 9.09. The minimum Gasteiger partial charge on any atom is -0.393 e. The highest BCUT2D eigenvalue weighted by Crippen LogP contribution is 2.56. The molecule has 2 heterocycles. The highest BCUT2D eigenvalue weighted by Gasteiger charge is 2.53. The Labute approximate surface area is 112 Å². The van der Waals surface area contributed by atoms with Crippen LogP contribution >= 0.6 is 0 Å². The van der Waals surface area contributed by atoms with Crippen molar-refractivity contribution in [2.75, 3.05) is 0 Å². The van der Waals surface area contributed by atoms with Crippen LogP contribution in [0.2, 0.25) is 0 Å². The predicted molar refractivity (Wildman–Crippen MR) is 73.7 cm³/mol. The van der Waals surface area contributed by atoms with Crippen LogP contribution in [0.3, 0.4) is 0 Å². The summed E-state index contributed by atoms with van der Waals surface area (Å²) in [4.78, 5) is 4.29. The van der Waals surface area contributed by atoms with Gasteiger partial charge in [-0.3, -0.25) is 0 Å². The molecule has 1 saturated carbocycles. The fraction of sp³-hybridized carbons (Fsp3) is 0.438. The number of nitrogens with zero attached hydrogens (tertiary/aromatic N) is 2. The van der Waals surface area contributed by atoms with E-state index in [9.17, 15) is 5.11 Å². The van der Waals surface area contributed by atoms with E-state index in [1.165, 1.54) is 16.8 Å². The van der Waals surface area contributed by atoms with Crippen LogP contribution in [0.15, 0.2) is 36.8 Å². The molecule has 19 heavy (non-hydrogen) atoms. The van der Waals surface area contributed by atoms with Gasteiger partial charge in [0.25, 0.3) is 0 Å². The van der Waals surface area contributed by atoms with E-state index in [2.05, 4.69) is 47.7 Å². The summed E-state index contributed by atoms with van der Waals surface area (Å²) in [6, 6.07) is 8.73. The van der Waals surface area contributed by atoms with E-state index in [-0.39, 0.29) is 23.5 Å². The molecule has 1 aromatic carbocycles. The van der Waals surface area contributed by atoms with Gasteiger partial charge in [-0.15, -0.1) is 0 Å². The third kappa shape index (κ3) is 1.34. The van der Waals surface area contributed by atoms with E-state index in [4.69, 9.17) is 0 Å². The SMILES string of the molecule is CC1(C)CC(O)C1C1c2ccccc2-c2cncn21. The summed E-state index contributed by atoms with van der Waals surface area (Å²) in [5.41, 5.74) is 3.95. The standard InChI is InChI=1S/C16H18N2O/c1-16(2)7-13(19)14(16)15-11-6-4-3-5-10(11)12-8-17-9-18(12)15/h3-6,8-9,13-15,19H,7H2,1-2H3. The Morgan fingerprint density at radius 1 is 1.32 bits per heavy atom. The second-order valence-electron chi connectivity index (χ2n) is 6.50. The van der Waals surface area contributed by atoms with E-state index >= 15 is 0 Å². The van der Waals surface area contributed by atoms with Crippen LogP contribution in [0, 0.1) is 11.3 Å². The molecule has 0 radical (unpaired) electrons. The molecule has 0 bridgehead atoms. The van der Waals surface area contributed by atoms with E-state index in [0.717, 1.165) is 6.42 Å². The van der Waals surface area contributed by atoms with Gasteiger partial charge in [0, 0.05) is 11.5 Å². The van der Waals surface area contributed by atoms with Crippen molar-refractivity contribution in [3.63, 3.8) is 0 Å². The molecule has 3 nitrogen and oxygen atoms in total. The molecule has 1 aliphatic carbocycles. The molecule has 98 valence electrons. The quantitative estimate of drug-likeness (QED) is 0.849. The van der Waals surface area contributed by atoms with E-state index in [0.29, 0.717) is 0 Å². The molecule has 4 rings (SSSR count). The van der Waals surface area contributed by atoms with Crippen molar-refractivity contribution in [2.24, 2.45) is 11.3 Å². The van der Waals surface area contributed by atoms with Crippen LogP contribution in [0.5, 0.6) is 0 Å². The first kappa shape index (κ1) is 11.2. The maximum absolute atomic E-state index is 10.3. The number of aliphatic hydroxyl groups excluding tert-OH is 1. The monoisotopic (exact) mass is 254 g/mol. The maximum atomic E-state index is 10.3. The third-order valence-electron chi connectivity index (χ3n) is 4.91. The van der Waals surface area contributed by atoms with Gasteiger partial charge in [-0.05, 0) is 17.4 Å². The zero-order chi connectivity index (χ0) is 13.2. The van der Waals surface area contributed by atoms with Gasteiger partial charge in [0.2, 0.25) is 0 Å². The maximum Gasteiger partial charge on any atom is 0.0956 e. The average molecular weight is 254 g/mol. The van der Waals surface area contributed by atoms with Crippen molar-refractivity contribution in [3.8, 4) is 11.3 Å². The van der Waals surface area contributed by atoms with E-state index < -0.39 is 0 Å². The van der Waals surface area contributed by atoms with Gasteiger partial charge < -0.3 is 9.67 Å². The Morgan fingerprint density at radius 3 is 2.84 bits per heavy atom. The zero-order valence-electron chi connectivity index (χ0n) is 11.2. The summed E-state index contributed by atoms with van der Waals surface area (Å²) in [6.45, 7) is 4.50. The molecule has 2 aromatic rings. The number of rotatable bonds is 1. The Morgan fingerprint density at radius 2 is 2.11 bits per heavy atom. The molecule has 2 aliphatic rings. The van der Waals surface area contributed by atoms with Crippen LogP contribution in [0.25, 0.3) is 11.3 Å². The van der Waals surface area contributed by atoms with Crippen molar-refractivity contribution < 1.29 is 5.11 Å². The number of hydrogen-bond donors (Lipinski definition) is 1. The second-order valence-corrected chi connectivity index (χ2v) is 6.50. The summed E-state index contributed by atoms with van der Waals surface area (Å²) in [6.07, 6.45) is 4.51. The molecule has 1 fully saturated rings. The molecule has 1 N–H and O–H groups in total. The van der Waals surface area contributed by atoms with Crippen LogP contribution in [-0.2, 0) is 0 Å². The fourth-order valence-corrected chi connectivity index (χ4v) is 4.04. The molecule has 0 spiro atoms. The lowest BCUT2D eigenvalue weighted by Crippen LogP contribution is -2.51. The zero-order valence-corrected chi connectivity index (χ0v) is 11.2. The van der Waals surface area contributed by atoms with Crippen LogP contribution in [0.1, 0.15) is 31.9 Å². The lowest BCUT2D eigenvalue weighted by molar-refractivity contribution is -0.103. The van der Waals surface area contributed by atoms with Crippen molar-refractivity contribution in [2.45, 2.75) is 32.4 Å². The van der Waals surface area contributed by atoms with Gasteiger partial charge in [0.15, 0.2) is 0 Å². The molecule has 1 aliphatic heterocycles. The lowest BCUT2D eigenvalue weighted by Gasteiger charge is -2.52. The largest absolute Gasteiger partial charge is 0.393 e. The highest BCUT2D eigenvalue weighted by atomic mass is 16.3. The van der Waals surface area contributed by atoms with Gasteiger partial charge in [-0.2, -0.15) is 0 Å². The molecule has 0 amide bonds. The van der Waals surface area contributed by atoms with Crippen LogP contribution in [0.4, 0.5) is 0 Å². The van der Waals surface area contributed by atoms with E-state index in [1.807, 2.05) is 12.5 Å². The molecule has 3 atom stereocenters. The Bertz CT molecular complexity index is 644. The van der Waals surface area contributed by atoms with Crippen molar-refractivity contribution >= 4 is 0 Å². The topological polar surface area (TPSA) is 38.1 Å². The Balaban J connectivity index is 1.90. The molecular weight excluding hydrogens is 236 g/mol. The average Bonchev–Trinajstić information content (AvgIpc) is 2.92. The lowest BCUT2D eigenvalue weighted by atomic mass is 9.57. The minimum absolute atomic E-state index is 0.184. The number of aromatic nitrogens is 2. The highest BCUT2D eigenvalue weighted by molar-refractivity contribution is 5.69. The first-order valence-electron chi connectivity index (χ1n) is 6.89. The van der Waals surface area contributed by atoms with Gasteiger partial charge in [0.1, 0.15) is 0 Å². The summed E-state index contributed by atoms with van der Waals surface area (Å²) >= 11 is 0. The number of hydrogen-bond acceptors (Lipinski definition) is 2. The molecule has 3 unspecified atom stereocenters. The third-order valence-corrected chi connectivity index (χ3v) is 4.91. The number of fused-ring (bicyclic) bond motifs is 3. The fourth-order valence-electron chi connectivity index (χ4n) is 4.04. The van der Waals surface area contributed by atoms with Crippen molar-refractivity contribution in [1.29, 1.82) is 0 Å². The Kier molecular flexibility index (Phi) is 2.06. The van der Waals surface area contributed by atoms with Gasteiger partial charge in [-0.25, -0.2) is 4.98 Å². The second kappa shape index (κ2) is 3.48. The smallest absolute Gasteiger partial charge is 0.0956 e. The summed E-state index contributed by atoms with van der Waals surface area (Å²) in [7, 11) is 0. The summed E-state index contributed by atoms with van der Waals surface area (Å²) < 4.78 is 2.24. The first-order valence-corrected chi connectivity index (χ1v) is 6.89. The van der Waals surface area contributed by atoms with Gasteiger partial charge in [-0.1, -0.05) is 38.1 Å². The number of imidazole rings is 1. The number of aliphatic hydroxyl groups is 1. The number of benzene rings is 1. The van der Waals surface area contributed by atoms with Gasteiger partial charge in [0.05, 0.1) is 30.4 Å². The van der Waals surface area contributed by atoms with E-state index in [1.54, 1.807) is 0 Å². The van der Waals surface area contributed by atoms with Crippen molar-refractivity contribution in [1.82, 2.24) is 9.55 Å². The normalized spacial score (nSPS) is 30.6.